The van der Waals surface area contributed by atoms with E-state index in [9.17, 15) is 9.59 Å². The third kappa shape index (κ3) is 3.77. The number of nitrogens with zero attached hydrogens (tertiary/aromatic N) is 2. The summed E-state index contributed by atoms with van der Waals surface area (Å²) >= 11 is 1.15. The van der Waals surface area contributed by atoms with Gasteiger partial charge in [0, 0.05) is 19.0 Å². The van der Waals surface area contributed by atoms with Crippen molar-refractivity contribution in [1.82, 2.24) is 19.4 Å². The van der Waals surface area contributed by atoms with Crippen LogP contribution in [-0.4, -0.2) is 27.7 Å². The molecule has 0 aliphatic carbocycles. The fraction of sp³-hybridized carbons (Fsp3) is 0.368. The summed E-state index contributed by atoms with van der Waals surface area (Å²) in [5.41, 5.74) is 2.66. The van der Waals surface area contributed by atoms with Crippen LogP contribution in [0.1, 0.15) is 46.0 Å². The summed E-state index contributed by atoms with van der Waals surface area (Å²) in [7, 11) is 0. The fourth-order valence-corrected chi connectivity index (χ4v) is 3.93. The van der Waals surface area contributed by atoms with Crippen LogP contribution >= 0.6 is 11.7 Å². The Balaban J connectivity index is 1.50. The van der Waals surface area contributed by atoms with Crippen molar-refractivity contribution in [3.05, 3.63) is 57.1 Å². The van der Waals surface area contributed by atoms with Gasteiger partial charge in [-0.15, -0.1) is 0 Å². The number of fused-ring (bicyclic) bond motifs is 1. The molecule has 27 heavy (non-hydrogen) atoms. The number of amides is 1. The lowest BCUT2D eigenvalue weighted by atomic mass is 9.95. The van der Waals surface area contributed by atoms with Crippen molar-refractivity contribution in [2.24, 2.45) is 0 Å². The summed E-state index contributed by atoms with van der Waals surface area (Å²) in [4.78, 5) is 25.0. The summed E-state index contributed by atoms with van der Waals surface area (Å²) < 4.78 is 13.8. The molecule has 1 aromatic carbocycles. The molecule has 0 radical (unpaired) electrons. The first kappa shape index (κ1) is 17.8. The maximum atomic E-state index is 12.6. The largest absolute Gasteiger partial charge is 0.427 e. The smallest absolute Gasteiger partial charge is 0.349 e. The number of rotatable bonds is 4. The minimum atomic E-state index is -0.577. The molecule has 0 spiro atoms. The SMILES string of the molecule is Cc1cc(C2CCCNC2)oc(=O)c1C(=O)NCc1ccc2nsnc2c1. The molecule has 7 nitrogen and oxygen atoms in total. The van der Waals surface area contributed by atoms with Crippen LogP contribution in [0, 0.1) is 6.92 Å². The Morgan fingerprint density at radius 3 is 2.96 bits per heavy atom. The van der Waals surface area contributed by atoms with Gasteiger partial charge in [0.25, 0.3) is 5.91 Å². The number of aryl methyl sites for hydroxylation is 1. The van der Waals surface area contributed by atoms with E-state index >= 15 is 0 Å². The Hall–Kier alpha value is -2.58. The second-order valence-corrected chi connectivity index (χ2v) is 7.34. The fourth-order valence-electron chi connectivity index (χ4n) is 3.41. The zero-order valence-corrected chi connectivity index (χ0v) is 15.8. The van der Waals surface area contributed by atoms with Crippen molar-refractivity contribution in [3.63, 3.8) is 0 Å². The van der Waals surface area contributed by atoms with Gasteiger partial charge in [-0.25, -0.2) is 4.79 Å². The minimum absolute atomic E-state index is 0.0684. The lowest BCUT2D eigenvalue weighted by Gasteiger charge is -2.22. The number of carbonyl (C=O) groups excluding carboxylic acids is 1. The Bertz CT molecular complexity index is 1040. The molecule has 0 bridgehead atoms. The molecule has 1 aliphatic rings. The molecule has 1 unspecified atom stereocenters. The summed E-state index contributed by atoms with van der Waals surface area (Å²) in [5, 5.41) is 6.11. The summed E-state index contributed by atoms with van der Waals surface area (Å²) in [5.74, 6) is 0.412. The highest BCUT2D eigenvalue weighted by atomic mass is 32.1. The van der Waals surface area contributed by atoms with Crippen molar-refractivity contribution in [3.8, 4) is 0 Å². The zero-order chi connectivity index (χ0) is 18.8. The Kier molecular flexibility index (Phi) is 5.00. The highest BCUT2D eigenvalue weighted by Gasteiger charge is 2.22. The van der Waals surface area contributed by atoms with Crippen molar-refractivity contribution in [2.45, 2.75) is 32.2 Å². The van der Waals surface area contributed by atoms with Crippen LogP contribution in [0.5, 0.6) is 0 Å². The molecule has 1 atom stereocenters. The van der Waals surface area contributed by atoms with Gasteiger partial charge in [0.1, 0.15) is 22.4 Å². The first-order chi connectivity index (χ1) is 13.1. The maximum Gasteiger partial charge on any atom is 0.349 e. The standard InChI is InChI=1S/C19H20N4O3S/c1-11-7-16(13-3-2-6-20-10-13)26-19(25)17(11)18(24)21-9-12-4-5-14-15(8-12)23-27-22-14/h4-5,7-8,13,20H,2-3,6,9-10H2,1H3,(H,21,24). The van der Waals surface area contributed by atoms with E-state index in [-0.39, 0.29) is 11.5 Å². The Morgan fingerprint density at radius 1 is 1.33 bits per heavy atom. The van der Waals surface area contributed by atoms with Gasteiger partial charge in [0.2, 0.25) is 0 Å². The molecule has 3 aromatic rings. The summed E-state index contributed by atoms with van der Waals surface area (Å²) in [6, 6.07) is 7.46. The molecule has 140 valence electrons. The average Bonchev–Trinajstić information content (AvgIpc) is 3.14. The quantitative estimate of drug-likeness (QED) is 0.717. The summed E-state index contributed by atoms with van der Waals surface area (Å²) in [6.07, 6.45) is 2.03. The summed E-state index contributed by atoms with van der Waals surface area (Å²) in [6.45, 7) is 3.86. The van der Waals surface area contributed by atoms with Gasteiger partial charge >= 0.3 is 5.63 Å². The van der Waals surface area contributed by atoms with Gasteiger partial charge in [-0.3, -0.25) is 4.79 Å². The predicted molar refractivity (Wildman–Crippen MR) is 103 cm³/mol. The highest BCUT2D eigenvalue weighted by Crippen LogP contribution is 2.23. The number of piperidine rings is 1. The molecule has 0 saturated carbocycles. The lowest BCUT2D eigenvalue weighted by molar-refractivity contribution is 0.0945. The number of benzene rings is 1. The van der Waals surface area contributed by atoms with E-state index in [0.717, 1.165) is 54.3 Å². The number of hydrogen-bond acceptors (Lipinski definition) is 7. The first-order valence-electron chi connectivity index (χ1n) is 8.96. The van der Waals surface area contributed by atoms with E-state index in [1.165, 1.54) is 0 Å². The van der Waals surface area contributed by atoms with Crippen LogP contribution in [0.15, 0.2) is 33.5 Å². The van der Waals surface area contributed by atoms with Gasteiger partial charge in [-0.1, -0.05) is 6.07 Å². The molecule has 2 N–H and O–H groups in total. The molecule has 1 amide bonds. The second kappa shape index (κ2) is 7.58. The number of nitrogens with one attached hydrogen (secondary N) is 2. The molecule has 3 heterocycles. The minimum Gasteiger partial charge on any atom is -0.427 e. The van der Waals surface area contributed by atoms with Gasteiger partial charge in [-0.2, -0.15) is 8.75 Å². The van der Waals surface area contributed by atoms with Gasteiger partial charge in [0.15, 0.2) is 0 Å². The molecule has 1 aliphatic heterocycles. The van der Waals surface area contributed by atoms with E-state index < -0.39 is 11.5 Å². The van der Waals surface area contributed by atoms with Crippen LogP contribution in [-0.2, 0) is 6.54 Å². The zero-order valence-electron chi connectivity index (χ0n) is 14.9. The van der Waals surface area contributed by atoms with E-state index in [2.05, 4.69) is 19.4 Å². The van der Waals surface area contributed by atoms with E-state index in [1.54, 1.807) is 6.92 Å². The third-order valence-electron chi connectivity index (χ3n) is 4.87. The molecular formula is C19H20N4O3S. The van der Waals surface area contributed by atoms with E-state index in [4.69, 9.17) is 4.42 Å². The van der Waals surface area contributed by atoms with Crippen molar-refractivity contribution in [2.75, 3.05) is 13.1 Å². The van der Waals surface area contributed by atoms with Crippen molar-refractivity contribution >= 4 is 28.7 Å². The Morgan fingerprint density at radius 2 is 2.19 bits per heavy atom. The van der Waals surface area contributed by atoms with Crippen LogP contribution in [0.4, 0.5) is 0 Å². The van der Waals surface area contributed by atoms with Crippen LogP contribution in [0.3, 0.4) is 0 Å². The molecule has 4 rings (SSSR count). The molecule has 2 aromatic heterocycles. The maximum absolute atomic E-state index is 12.6. The van der Waals surface area contributed by atoms with E-state index in [0.29, 0.717) is 17.9 Å². The first-order valence-corrected chi connectivity index (χ1v) is 9.69. The normalized spacial score (nSPS) is 17.1. The molecule has 8 heteroatoms. The predicted octanol–water partition coefficient (Wildman–Crippen LogP) is 2.35. The van der Waals surface area contributed by atoms with Crippen LogP contribution < -0.4 is 16.3 Å². The second-order valence-electron chi connectivity index (χ2n) is 6.81. The van der Waals surface area contributed by atoms with Crippen molar-refractivity contribution < 1.29 is 9.21 Å². The van der Waals surface area contributed by atoms with Gasteiger partial charge in [0.05, 0.1) is 11.7 Å². The third-order valence-corrected chi connectivity index (χ3v) is 5.42. The number of hydrogen-bond donors (Lipinski definition) is 2. The monoisotopic (exact) mass is 384 g/mol. The number of aromatic nitrogens is 2. The van der Waals surface area contributed by atoms with E-state index in [1.807, 2.05) is 24.3 Å². The average molecular weight is 384 g/mol. The molecular weight excluding hydrogens is 364 g/mol. The topological polar surface area (TPSA) is 97.1 Å². The van der Waals surface area contributed by atoms with Crippen LogP contribution in [0.2, 0.25) is 0 Å². The highest BCUT2D eigenvalue weighted by molar-refractivity contribution is 7.00. The number of carbonyl (C=O) groups is 1. The Labute approximate surface area is 160 Å². The van der Waals surface area contributed by atoms with Crippen LogP contribution in [0.25, 0.3) is 11.0 Å². The lowest BCUT2D eigenvalue weighted by Crippen LogP contribution is -2.31. The molecule has 1 saturated heterocycles. The van der Waals surface area contributed by atoms with Gasteiger partial charge < -0.3 is 15.1 Å². The van der Waals surface area contributed by atoms with Crippen molar-refractivity contribution in [1.29, 1.82) is 0 Å². The molecule has 1 fully saturated rings. The van der Waals surface area contributed by atoms with Gasteiger partial charge in [-0.05, 0) is 55.6 Å².